The number of nitrogens with zero attached hydrogens (tertiary/aromatic N) is 1. The van der Waals surface area contributed by atoms with E-state index < -0.39 is 0 Å². The lowest BCUT2D eigenvalue weighted by molar-refractivity contribution is 0.130. The summed E-state index contributed by atoms with van der Waals surface area (Å²) in [6.07, 6.45) is 0.922. The van der Waals surface area contributed by atoms with Gasteiger partial charge in [-0.05, 0) is 31.0 Å². The van der Waals surface area contributed by atoms with Crippen LogP contribution in [-0.4, -0.2) is 29.5 Å². The van der Waals surface area contributed by atoms with Gasteiger partial charge in [-0.3, -0.25) is 5.41 Å². The van der Waals surface area contributed by atoms with Crippen molar-refractivity contribution in [3.8, 4) is 0 Å². The molecule has 17 heavy (non-hydrogen) atoms. The summed E-state index contributed by atoms with van der Waals surface area (Å²) in [6.45, 7) is 4.18. The van der Waals surface area contributed by atoms with Crippen molar-refractivity contribution in [3.05, 3.63) is 35.1 Å². The zero-order chi connectivity index (χ0) is 12.0. The lowest BCUT2D eigenvalue weighted by Crippen LogP contribution is -2.46. The SMILES string of the molecule is CC1(N2Cc3ccc(F)cc3C2=N)CCOC1. The van der Waals surface area contributed by atoms with E-state index in [2.05, 4.69) is 6.92 Å². The van der Waals surface area contributed by atoms with Crippen LogP contribution >= 0.6 is 0 Å². The molecule has 1 saturated heterocycles. The Morgan fingerprint density at radius 3 is 3.00 bits per heavy atom. The number of ether oxygens (including phenoxy) is 1. The molecule has 2 aliphatic heterocycles. The summed E-state index contributed by atoms with van der Waals surface area (Å²) < 4.78 is 18.6. The first kappa shape index (κ1) is 10.7. The van der Waals surface area contributed by atoms with Crippen molar-refractivity contribution in [2.24, 2.45) is 0 Å². The normalized spacial score (nSPS) is 27.6. The highest BCUT2D eigenvalue weighted by molar-refractivity contribution is 6.00. The lowest BCUT2D eigenvalue weighted by atomic mass is 9.99. The Morgan fingerprint density at radius 1 is 1.47 bits per heavy atom. The fourth-order valence-electron chi connectivity index (χ4n) is 2.63. The van der Waals surface area contributed by atoms with Crippen LogP contribution in [0.2, 0.25) is 0 Å². The summed E-state index contributed by atoms with van der Waals surface area (Å²) in [4.78, 5) is 2.03. The van der Waals surface area contributed by atoms with Crippen LogP contribution in [0.1, 0.15) is 24.5 Å². The number of rotatable bonds is 1. The molecule has 0 bridgehead atoms. The van der Waals surface area contributed by atoms with Crippen molar-refractivity contribution in [2.45, 2.75) is 25.4 Å². The van der Waals surface area contributed by atoms with E-state index in [0.29, 0.717) is 19.0 Å². The van der Waals surface area contributed by atoms with Gasteiger partial charge in [0.15, 0.2) is 0 Å². The summed E-state index contributed by atoms with van der Waals surface area (Å²) in [5.41, 5.74) is 1.63. The molecular weight excluding hydrogens is 219 g/mol. The van der Waals surface area contributed by atoms with Gasteiger partial charge >= 0.3 is 0 Å². The number of amidine groups is 1. The van der Waals surface area contributed by atoms with Crippen molar-refractivity contribution >= 4 is 5.84 Å². The zero-order valence-corrected chi connectivity index (χ0v) is 9.79. The predicted molar refractivity (Wildman–Crippen MR) is 62.6 cm³/mol. The fourth-order valence-corrected chi connectivity index (χ4v) is 2.63. The lowest BCUT2D eigenvalue weighted by Gasteiger charge is -2.35. The summed E-state index contributed by atoms with van der Waals surface area (Å²) in [7, 11) is 0. The molecule has 2 heterocycles. The molecule has 0 radical (unpaired) electrons. The minimum absolute atomic E-state index is 0.118. The summed E-state index contributed by atoms with van der Waals surface area (Å²) in [6, 6.07) is 4.69. The van der Waals surface area contributed by atoms with Crippen LogP contribution in [0, 0.1) is 11.2 Å². The van der Waals surface area contributed by atoms with Crippen LogP contribution in [-0.2, 0) is 11.3 Å². The largest absolute Gasteiger partial charge is 0.379 e. The highest BCUT2D eigenvalue weighted by Gasteiger charge is 2.41. The predicted octanol–water partition coefficient (Wildman–Crippen LogP) is 2.15. The van der Waals surface area contributed by atoms with Crippen LogP contribution in [0.5, 0.6) is 0 Å². The quantitative estimate of drug-likeness (QED) is 0.808. The monoisotopic (exact) mass is 234 g/mol. The molecule has 0 spiro atoms. The Morgan fingerprint density at radius 2 is 2.29 bits per heavy atom. The first-order valence-corrected chi connectivity index (χ1v) is 5.83. The molecule has 1 unspecified atom stereocenters. The molecule has 0 amide bonds. The smallest absolute Gasteiger partial charge is 0.129 e. The summed E-state index contributed by atoms with van der Waals surface area (Å²) in [5.74, 6) is 0.149. The second-order valence-electron chi connectivity index (χ2n) is 5.04. The average Bonchev–Trinajstić information content (AvgIpc) is 2.86. The standard InChI is InChI=1S/C13H15FN2O/c1-13(4-5-17-8-13)16-7-9-2-3-10(14)6-11(9)12(16)15/h2-3,6,15H,4-5,7-8H2,1H3. The first-order chi connectivity index (χ1) is 8.10. The van der Waals surface area contributed by atoms with Gasteiger partial charge in [0, 0.05) is 18.7 Å². The first-order valence-electron chi connectivity index (χ1n) is 5.83. The maximum Gasteiger partial charge on any atom is 0.129 e. The minimum atomic E-state index is -0.275. The molecule has 1 atom stereocenters. The summed E-state index contributed by atoms with van der Waals surface area (Å²) in [5, 5.41) is 8.18. The molecule has 0 saturated carbocycles. The molecule has 3 nitrogen and oxygen atoms in total. The van der Waals surface area contributed by atoms with Gasteiger partial charge in [-0.25, -0.2) is 4.39 Å². The Kier molecular flexibility index (Phi) is 2.23. The van der Waals surface area contributed by atoms with Crippen LogP contribution in [0.3, 0.4) is 0 Å². The van der Waals surface area contributed by atoms with E-state index in [-0.39, 0.29) is 11.4 Å². The van der Waals surface area contributed by atoms with Crippen LogP contribution < -0.4 is 0 Å². The number of nitrogens with one attached hydrogen (secondary N) is 1. The van der Waals surface area contributed by atoms with Crippen molar-refractivity contribution in [1.29, 1.82) is 5.41 Å². The Bertz CT molecular complexity index is 480. The number of hydrogen-bond acceptors (Lipinski definition) is 2. The van der Waals surface area contributed by atoms with E-state index in [9.17, 15) is 4.39 Å². The Hall–Kier alpha value is -1.42. The highest BCUT2D eigenvalue weighted by atomic mass is 19.1. The van der Waals surface area contributed by atoms with Crippen molar-refractivity contribution in [2.75, 3.05) is 13.2 Å². The summed E-state index contributed by atoms with van der Waals surface area (Å²) >= 11 is 0. The molecule has 1 aromatic rings. The Balaban J connectivity index is 1.96. The minimum Gasteiger partial charge on any atom is -0.379 e. The molecule has 3 rings (SSSR count). The van der Waals surface area contributed by atoms with Gasteiger partial charge in [-0.1, -0.05) is 6.07 Å². The van der Waals surface area contributed by atoms with E-state index in [1.54, 1.807) is 6.07 Å². The highest BCUT2D eigenvalue weighted by Crippen LogP contribution is 2.34. The van der Waals surface area contributed by atoms with Gasteiger partial charge in [0.05, 0.1) is 12.1 Å². The second-order valence-corrected chi connectivity index (χ2v) is 5.04. The molecule has 1 fully saturated rings. The molecular formula is C13H15FN2O. The van der Waals surface area contributed by atoms with E-state index in [1.807, 2.05) is 4.90 Å². The van der Waals surface area contributed by atoms with Gasteiger partial charge in [0.25, 0.3) is 0 Å². The zero-order valence-electron chi connectivity index (χ0n) is 9.79. The molecule has 4 heteroatoms. The third-order valence-corrected chi connectivity index (χ3v) is 3.78. The van der Waals surface area contributed by atoms with E-state index in [1.165, 1.54) is 12.1 Å². The molecule has 1 aromatic carbocycles. The van der Waals surface area contributed by atoms with E-state index in [4.69, 9.17) is 10.1 Å². The van der Waals surface area contributed by atoms with Crippen LogP contribution in [0.4, 0.5) is 4.39 Å². The topological polar surface area (TPSA) is 36.3 Å². The second kappa shape index (κ2) is 3.53. The van der Waals surface area contributed by atoms with Crippen molar-refractivity contribution < 1.29 is 9.13 Å². The van der Waals surface area contributed by atoms with Crippen molar-refractivity contribution in [1.82, 2.24) is 4.90 Å². The van der Waals surface area contributed by atoms with Gasteiger partial charge in [0.2, 0.25) is 0 Å². The van der Waals surface area contributed by atoms with Gasteiger partial charge in [-0.2, -0.15) is 0 Å². The number of hydrogen-bond donors (Lipinski definition) is 1. The number of benzene rings is 1. The molecule has 1 N–H and O–H groups in total. The van der Waals surface area contributed by atoms with Gasteiger partial charge < -0.3 is 9.64 Å². The molecule has 0 aliphatic carbocycles. The van der Waals surface area contributed by atoms with Crippen LogP contribution in [0.15, 0.2) is 18.2 Å². The molecule has 2 aliphatic rings. The number of halogens is 1. The van der Waals surface area contributed by atoms with Crippen LogP contribution in [0.25, 0.3) is 0 Å². The Labute approximate surface area is 99.7 Å². The third kappa shape index (κ3) is 1.55. The molecule has 90 valence electrons. The van der Waals surface area contributed by atoms with Crippen molar-refractivity contribution in [3.63, 3.8) is 0 Å². The maximum absolute atomic E-state index is 13.2. The average molecular weight is 234 g/mol. The fraction of sp³-hybridized carbons (Fsp3) is 0.462. The van der Waals surface area contributed by atoms with E-state index >= 15 is 0 Å². The van der Waals surface area contributed by atoms with E-state index in [0.717, 1.165) is 24.2 Å². The third-order valence-electron chi connectivity index (χ3n) is 3.78. The maximum atomic E-state index is 13.2. The molecule has 0 aromatic heterocycles. The van der Waals surface area contributed by atoms with Gasteiger partial charge in [-0.15, -0.1) is 0 Å². The van der Waals surface area contributed by atoms with Gasteiger partial charge in [0.1, 0.15) is 11.7 Å². The number of fused-ring (bicyclic) bond motifs is 1.